The van der Waals surface area contributed by atoms with Gasteiger partial charge in [0.2, 0.25) is 5.91 Å². The molecule has 1 heterocycles. The number of rotatable bonds is 2. The Kier molecular flexibility index (Phi) is 3.92. The zero-order chi connectivity index (χ0) is 12.4. The number of hydrogen-bond acceptors (Lipinski definition) is 2. The first-order valence-electron chi connectivity index (χ1n) is 5.53. The number of carbonyl (C=O) groups excluding carboxylic acids is 1. The normalized spacial score (nSPS) is 19.7. The molecule has 2 N–H and O–H groups in total. The van der Waals surface area contributed by atoms with Crippen molar-refractivity contribution < 1.29 is 4.79 Å². The molecular formula is C12H14Cl2N2O. The molecule has 0 aromatic heterocycles. The Labute approximate surface area is 110 Å². The third kappa shape index (κ3) is 3.12. The fourth-order valence-corrected chi connectivity index (χ4v) is 2.35. The maximum atomic E-state index is 12.0. The van der Waals surface area contributed by atoms with Crippen LogP contribution in [0.15, 0.2) is 18.2 Å². The Hall–Kier alpha value is -0.770. The predicted molar refractivity (Wildman–Crippen MR) is 69.3 cm³/mol. The van der Waals surface area contributed by atoms with Crippen molar-refractivity contribution in [1.82, 2.24) is 4.90 Å². The molecule has 1 amide bonds. The van der Waals surface area contributed by atoms with Gasteiger partial charge in [-0.15, -0.1) is 0 Å². The highest BCUT2D eigenvalue weighted by Gasteiger charge is 2.23. The quantitative estimate of drug-likeness (QED) is 0.896. The molecule has 3 nitrogen and oxygen atoms in total. The van der Waals surface area contributed by atoms with E-state index in [1.54, 1.807) is 23.1 Å². The van der Waals surface area contributed by atoms with Crippen molar-refractivity contribution in [2.45, 2.75) is 18.9 Å². The van der Waals surface area contributed by atoms with Crippen molar-refractivity contribution in [3.8, 4) is 0 Å². The van der Waals surface area contributed by atoms with Gasteiger partial charge in [0.15, 0.2) is 0 Å². The monoisotopic (exact) mass is 272 g/mol. The van der Waals surface area contributed by atoms with Gasteiger partial charge in [0.25, 0.3) is 0 Å². The number of nitrogens with two attached hydrogens (primary N) is 1. The van der Waals surface area contributed by atoms with E-state index in [1.807, 2.05) is 0 Å². The van der Waals surface area contributed by atoms with Crippen molar-refractivity contribution in [1.29, 1.82) is 0 Å². The molecule has 5 heteroatoms. The molecule has 1 aliphatic heterocycles. The van der Waals surface area contributed by atoms with Gasteiger partial charge in [-0.2, -0.15) is 0 Å². The van der Waals surface area contributed by atoms with Gasteiger partial charge in [-0.25, -0.2) is 0 Å². The van der Waals surface area contributed by atoms with Gasteiger partial charge in [0.1, 0.15) is 0 Å². The second-order valence-electron chi connectivity index (χ2n) is 4.30. The van der Waals surface area contributed by atoms with Crippen molar-refractivity contribution >= 4 is 29.1 Å². The number of hydrogen-bond donors (Lipinski definition) is 1. The highest BCUT2D eigenvalue weighted by molar-refractivity contribution is 6.33. The molecule has 0 aliphatic carbocycles. The molecule has 1 fully saturated rings. The van der Waals surface area contributed by atoms with Crippen LogP contribution in [0.5, 0.6) is 0 Å². The lowest BCUT2D eigenvalue weighted by molar-refractivity contribution is -0.129. The second kappa shape index (κ2) is 5.25. The van der Waals surface area contributed by atoms with E-state index in [4.69, 9.17) is 28.9 Å². The summed E-state index contributed by atoms with van der Waals surface area (Å²) < 4.78 is 0. The Balaban J connectivity index is 2.05. The van der Waals surface area contributed by atoms with Gasteiger partial charge in [0.05, 0.1) is 6.42 Å². The van der Waals surface area contributed by atoms with E-state index >= 15 is 0 Å². The molecular weight excluding hydrogens is 259 g/mol. The number of benzene rings is 1. The van der Waals surface area contributed by atoms with E-state index in [0.29, 0.717) is 16.6 Å². The van der Waals surface area contributed by atoms with Crippen LogP contribution in [-0.4, -0.2) is 29.9 Å². The molecule has 2 rings (SSSR count). The molecule has 0 bridgehead atoms. The van der Waals surface area contributed by atoms with Gasteiger partial charge in [-0.05, 0) is 30.2 Å². The second-order valence-corrected chi connectivity index (χ2v) is 5.14. The summed E-state index contributed by atoms with van der Waals surface area (Å²) in [4.78, 5) is 13.8. The maximum absolute atomic E-state index is 12.0. The van der Waals surface area contributed by atoms with Crippen molar-refractivity contribution in [3.63, 3.8) is 0 Å². The number of amides is 1. The van der Waals surface area contributed by atoms with Crippen LogP contribution in [0.3, 0.4) is 0 Å². The lowest BCUT2D eigenvalue weighted by Crippen LogP contribution is -2.32. The maximum Gasteiger partial charge on any atom is 0.227 e. The third-order valence-corrected chi connectivity index (χ3v) is 3.53. The lowest BCUT2D eigenvalue weighted by Gasteiger charge is -2.16. The molecule has 1 aliphatic rings. The van der Waals surface area contributed by atoms with Crippen LogP contribution >= 0.6 is 23.2 Å². The first-order chi connectivity index (χ1) is 8.06. The molecule has 0 saturated carbocycles. The molecule has 0 spiro atoms. The standard InChI is InChI=1S/C12H14Cl2N2O/c13-9-1-2-11(14)8(5-9)6-12(17)16-4-3-10(15)7-16/h1-2,5,10H,3-4,6-7,15H2/t10-/m1/s1. The van der Waals surface area contributed by atoms with Gasteiger partial charge in [-0.1, -0.05) is 23.2 Å². The van der Waals surface area contributed by atoms with Crippen LogP contribution in [0.1, 0.15) is 12.0 Å². The number of likely N-dealkylation sites (tertiary alicyclic amines) is 1. The molecule has 1 aromatic carbocycles. The highest BCUT2D eigenvalue weighted by atomic mass is 35.5. The Morgan fingerprint density at radius 3 is 2.88 bits per heavy atom. The van der Waals surface area contributed by atoms with E-state index in [1.165, 1.54) is 0 Å². The summed E-state index contributed by atoms with van der Waals surface area (Å²) in [5.41, 5.74) is 6.54. The van der Waals surface area contributed by atoms with Gasteiger partial charge < -0.3 is 10.6 Å². The number of halogens is 2. The van der Waals surface area contributed by atoms with Crippen LogP contribution in [-0.2, 0) is 11.2 Å². The van der Waals surface area contributed by atoms with E-state index in [2.05, 4.69) is 0 Å². The van der Waals surface area contributed by atoms with Crippen molar-refractivity contribution in [2.75, 3.05) is 13.1 Å². The Morgan fingerprint density at radius 2 is 2.24 bits per heavy atom. The number of carbonyl (C=O) groups is 1. The molecule has 1 saturated heterocycles. The topological polar surface area (TPSA) is 46.3 Å². The van der Waals surface area contributed by atoms with E-state index in [-0.39, 0.29) is 18.4 Å². The van der Waals surface area contributed by atoms with Gasteiger partial charge >= 0.3 is 0 Å². The van der Waals surface area contributed by atoms with E-state index < -0.39 is 0 Å². The average molecular weight is 273 g/mol. The number of nitrogens with zero attached hydrogens (tertiary/aromatic N) is 1. The summed E-state index contributed by atoms with van der Waals surface area (Å²) in [6.45, 7) is 1.37. The minimum atomic E-state index is 0.0575. The zero-order valence-electron chi connectivity index (χ0n) is 9.33. The Morgan fingerprint density at radius 1 is 1.47 bits per heavy atom. The molecule has 92 valence electrons. The minimum absolute atomic E-state index is 0.0575. The van der Waals surface area contributed by atoms with Crippen LogP contribution in [0.25, 0.3) is 0 Å². The summed E-state index contributed by atoms with van der Waals surface area (Å²) >= 11 is 11.9. The summed E-state index contributed by atoms with van der Waals surface area (Å²) in [7, 11) is 0. The van der Waals surface area contributed by atoms with Crippen molar-refractivity contribution in [2.24, 2.45) is 5.73 Å². The predicted octanol–water partition coefficient (Wildman–Crippen LogP) is 2.10. The first-order valence-corrected chi connectivity index (χ1v) is 6.29. The lowest BCUT2D eigenvalue weighted by atomic mass is 10.1. The third-order valence-electron chi connectivity index (χ3n) is 2.93. The van der Waals surface area contributed by atoms with Crippen LogP contribution in [0, 0.1) is 0 Å². The molecule has 1 atom stereocenters. The smallest absolute Gasteiger partial charge is 0.227 e. The minimum Gasteiger partial charge on any atom is -0.341 e. The fraction of sp³-hybridized carbons (Fsp3) is 0.417. The largest absolute Gasteiger partial charge is 0.341 e. The highest BCUT2D eigenvalue weighted by Crippen LogP contribution is 2.22. The Bertz CT molecular complexity index is 437. The molecule has 17 heavy (non-hydrogen) atoms. The SMILES string of the molecule is N[C@@H]1CCN(C(=O)Cc2cc(Cl)ccc2Cl)C1. The average Bonchev–Trinajstić information content (AvgIpc) is 2.70. The summed E-state index contributed by atoms with van der Waals surface area (Å²) in [6.07, 6.45) is 1.15. The van der Waals surface area contributed by atoms with E-state index in [9.17, 15) is 4.79 Å². The van der Waals surface area contributed by atoms with Crippen molar-refractivity contribution in [3.05, 3.63) is 33.8 Å². The fourth-order valence-electron chi connectivity index (χ4n) is 1.97. The summed E-state index contributed by atoms with van der Waals surface area (Å²) in [5, 5.41) is 1.17. The zero-order valence-corrected chi connectivity index (χ0v) is 10.8. The molecule has 0 unspecified atom stereocenters. The summed E-state index contributed by atoms with van der Waals surface area (Å²) in [5.74, 6) is 0.0575. The molecule has 0 radical (unpaired) electrons. The summed E-state index contributed by atoms with van der Waals surface area (Å²) in [6, 6.07) is 5.26. The van der Waals surface area contributed by atoms with Crippen LogP contribution in [0.4, 0.5) is 0 Å². The van der Waals surface area contributed by atoms with E-state index in [0.717, 1.165) is 18.5 Å². The van der Waals surface area contributed by atoms with Gasteiger partial charge in [0, 0.05) is 29.2 Å². The first kappa shape index (κ1) is 12.7. The van der Waals surface area contributed by atoms with Crippen LogP contribution in [0.2, 0.25) is 10.0 Å². The van der Waals surface area contributed by atoms with Gasteiger partial charge in [-0.3, -0.25) is 4.79 Å². The molecule has 1 aromatic rings. The van der Waals surface area contributed by atoms with Crippen LogP contribution < -0.4 is 5.73 Å².